The van der Waals surface area contributed by atoms with E-state index in [1.54, 1.807) is 31.7 Å². The number of para-hydroxylation sites is 1. The number of fused-ring (bicyclic) bond motifs is 1. The summed E-state index contributed by atoms with van der Waals surface area (Å²) in [6, 6.07) is 9.56. The van der Waals surface area contributed by atoms with Crippen molar-refractivity contribution >= 4 is 22.6 Å². The molecule has 0 bridgehead atoms. The first-order chi connectivity index (χ1) is 15.1. The summed E-state index contributed by atoms with van der Waals surface area (Å²) in [6.45, 7) is 4.61. The topological polar surface area (TPSA) is 106 Å². The van der Waals surface area contributed by atoms with Gasteiger partial charge in [0.15, 0.2) is 0 Å². The molecule has 0 spiro atoms. The zero-order valence-corrected chi connectivity index (χ0v) is 17.6. The first kappa shape index (κ1) is 20.3. The smallest absolute Gasteiger partial charge is 0.251 e. The van der Waals surface area contributed by atoms with Gasteiger partial charge in [0.25, 0.3) is 5.91 Å². The van der Waals surface area contributed by atoms with Gasteiger partial charge in [0.2, 0.25) is 0 Å². The van der Waals surface area contributed by atoms with E-state index in [-0.39, 0.29) is 11.8 Å². The third kappa shape index (κ3) is 4.32. The monoisotopic (exact) mass is 413 g/mol. The van der Waals surface area contributed by atoms with Crippen LogP contribution < -0.4 is 10.6 Å². The number of hydrogen-bond donors (Lipinski definition) is 2. The van der Waals surface area contributed by atoms with Gasteiger partial charge in [-0.3, -0.25) is 9.78 Å². The lowest BCUT2D eigenvalue weighted by Crippen LogP contribution is -2.18. The molecule has 3 heterocycles. The van der Waals surface area contributed by atoms with E-state index in [4.69, 9.17) is 0 Å². The Balaban J connectivity index is 1.55. The van der Waals surface area contributed by atoms with Crippen molar-refractivity contribution in [2.75, 3.05) is 18.9 Å². The molecule has 0 aliphatic heterocycles. The summed E-state index contributed by atoms with van der Waals surface area (Å²) < 4.78 is 0. The van der Waals surface area contributed by atoms with Crippen LogP contribution in [0.5, 0.6) is 0 Å². The van der Waals surface area contributed by atoms with Crippen LogP contribution >= 0.6 is 0 Å². The molecular formula is C23H23N7O. The average molecular weight is 413 g/mol. The minimum absolute atomic E-state index is 0.121. The lowest BCUT2D eigenvalue weighted by atomic mass is 9.96. The van der Waals surface area contributed by atoms with Gasteiger partial charge >= 0.3 is 0 Å². The molecule has 1 amide bonds. The molecule has 2 N–H and O–H groups in total. The molecule has 1 aromatic carbocycles. The van der Waals surface area contributed by atoms with E-state index in [0.717, 1.165) is 33.5 Å². The molecule has 156 valence electrons. The van der Waals surface area contributed by atoms with Crippen molar-refractivity contribution in [3.05, 3.63) is 72.2 Å². The molecule has 3 aromatic heterocycles. The number of amides is 1. The Morgan fingerprint density at radius 3 is 2.65 bits per heavy atom. The molecule has 0 aliphatic carbocycles. The normalized spacial score (nSPS) is 11.8. The van der Waals surface area contributed by atoms with Crippen LogP contribution in [-0.2, 0) is 0 Å². The summed E-state index contributed by atoms with van der Waals surface area (Å²) in [4.78, 5) is 33.9. The van der Waals surface area contributed by atoms with Crippen LogP contribution in [-0.4, -0.2) is 44.4 Å². The Morgan fingerprint density at radius 2 is 1.87 bits per heavy atom. The number of nitrogens with one attached hydrogen (secondary N) is 2. The first-order valence-electron chi connectivity index (χ1n) is 10.0. The minimum atomic E-state index is -0.121. The number of carbonyl (C=O) groups is 1. The highest BCUT2D eigenvalue weighted by molar-refractivity contribution is 6.06. The Labute approximate surface area is 180 Å². The van der Waals surface area contributed by atoms with Gasteiger partial charge in [0.05, 0.1) is 16.8 Å². The fraction of sp³-hybridized carbons (Fsp3) is 0.217. The number of rotatable bonds is 6. The molecule has 4 rings (SSSR count). The van der Waals surface area contributed by atoms with Crippen LogP contribution in [0.3, 0.4) is 0 Å². The minimum Gasteiger partial charge on any atom is -0.369 e. The average Bonchev–Trinajstić information content (AvgIpc) is 2.82. The number of aromatic nitrogens is 5. The van der Waals surface area contributed by atoms with Crippen molar-refractivity contribution in [3.63, 3.8) is 0 Å². The molecule has 1 atom stereocenters. The van der Waals surface area contributed by atoms with Gasteiger partial charge < -0.3 is 10.6 Å². The quantitative estimate of drug-likeness (QED) is 0.499. The number of hydrogen-bond acceptors (Lipinski definition) is 7. The summed E-state index contributed by atoms with van der Waals surface area (Å²) >= 11 is 0. The largest absolute Gasteiger partial charge is 0.369 e. The van der Waals surface area contributed by atoms with Gasteiger partial charge in [-0.2, -0.15) is 0 Å². The lowest BCUT2D eigenvalue weighted by Gasteiger charge is -2.16. The highest BCUT2D eigenvalue weighted by atomic mass is 16.1. The maximum absolute atomic E-state index is 12.2. The number of benzene rings is 1. The number of anilines is 1. The van der Waals surface area contributed by atoms with Gasteiger partial charge in [-0.1, -0.05) is 25.1 Å². The van der Waals surface area contributed by atoms with Gasteiger partial charge in [-0.05, 0) is 18.6 Å². The Kier molecular flexibility index (Phi) is 5.79. The van der Waals surface area contributed by atoms with Crippen molar-refractivity contribution in [1.82, 2.24) is 30.2 Å². The SMILES string of the molecule is CNC(=O)c1ccnc2c(C(C)CNc3cc(-c4cnc(C)nc4)ncn3)cccc12. The van der Waals surface area contributed by atoms with Crippen LogP contribution in [0.1, 0.15) is 34.6 Å². The summed E-state index contributed by atoms with van der Waals surface area (Å²) in [5.74, 6) is 1.45. The Bertz CT molecular complexity index is 1220. The van der Waals surface area contributed by atoms with E-state index in [0.29, 0.717) is 17.9 Å². The van der Waals surface area contributed by atoms with Gasteiger partial charge in [0, 0.05) is 55.1 Å². The van der Waals surface area contributed by atoms with Gasteiger partial charge in [0.1, 0.15) is 18.0 Å². The van der Waals surface area contributed by atoms with Crippen molar-refractivity contribution in [2.24, 2.45) is 0 Å². The Hall–Kier alpha value is -3.94. The third-order valence-electron chi connectivity index (χ3n) is 5.14. The van der Waals surface area contributed by atoms with Crippen LogP contribution in [0, 0.1) is 6.92 Å². The molecule has 0 saturated heterocycles. The molecule has 0 radical (unpaired) electrons. The molecule has 0 saturated carbocycles. The molecule has 8 nitrogen and oxygen atoms in total. The summed E-state index contributed by atoms with van der Waals surface area (Å²) in [5.41, 5.74) is 4.11. The zero-order valence-electron chi connectivity index (χ0n) is 17.6. The third-order valence-corrected chi connectivity index (χ3v) is 5.14. The standard InChI is InChI=1S/C23H23N7O/c1-14(17-5-4-6-18-19(23(31)24-3)7-8-25-22(17)18)10-28-21-9-20(29-13-30-21)16-11-26-15(2)27-12-16/h4-9,11-14H,10H2,1-3H3,(H,24,31)(H,28,29,30). The second kappa shape index (κ2) is 8.83. The number of aryl methyl sites for hydroxylation is 1. The molecule has 8 heteroatoms. The van der Waals surface area contributed by atoms with Crippen LogP contribution in [0.25, 0.3) is 22.2 Å². The predicted molar refractivity (Wildman–Crippen MR) is 120 cm³/mol. The number of pyridine rings is 1. The Morgan fingerprint density at radius 1 is 1.06 bits per heavy atom. The lowest BCUT2D eigenvalue weighted by molar-refractivity contribution is 0.0964. The highest BCUT2D eigenvalue weighted by Gasteiger charge is 2.15. The maximum atomic E-state index is 12.2. The second-order valence-corrected chi connectivity index (χ2v) is 7.27. The predicted octanol–water partition coefficient (Wildman–Crippen LogP) is 3.37. The van der Waals surface area contributed by atoms with Gasteiger partial charge in [-0.25, -0.2) is 19.9 Å². The van der Waals surface area contributed by atoms with E-state index < -0.39 is 0 Å². The van der Waals surface area contributed by atoms with Crippen LogP contribution in [0.2, 0.25) is 0 Å². The van der Waals surface area contributed by atoms with E-state index in [1.807, 2.05) is 31.2 Å². The molecule has 1 unspecified atom stereocenters. The van der Waals surface area contributed by atoms with Crippen LogP contribution in [0.4, 0.5) is 5.82 Å². The van der Waals surface area contributed by atoms with E-state index in [2.05, 4.69) is 42.5 Å². The fourth-order valence-electron chi connectivity index (χ4n) is 3.43. The van der Waals surface area contributed by atoms with Crippen molar-refractivity contribution in [2.45, 2.75) is 19.8 Å². The fourth-order valence-corrected chi connectivity index (χ4v) is 3.43. The molecule has 31 heavy (non-hydrogen) atoms. The van der Waals surface area contributed by atoms with Crippen LogP contribution in [0.15, 0.2) is 55.2 Å². The molecule has 0 aliphatic rings. The summed E-state index contributed by atoms with van der Waals surface area (Å²) in [7, 11) is 1.63. The number of nitrogens with zero attached hydrogens (tertiary/aromatic N) is 5. The van der Waals surface area contributed by atoms with E-state index in [9.17, 15) is 4.79 Å². The van der Waals surface area contributed by atoms with Crippen molar-refractivity contribution < 1.29 is 4.79 Å². The zero-order chi connectivity index (χ0) is 21.8. The summed E-state index contributed by atoms with van der Waals surface area (Å²) in [6.07, 6.45) is 6.71. The molecule has 4 aromatic rings. The van der Waals surface area contributed by atoms with Crippen molar-refractivity contribution in [1.29, 1.82) is 0 Å². The van der Waals surface area contributed by atoms with Crippen molar-refractivity contribution in [3.8, 4) is 11.3 Å². The van der Waals surface area contributed by atoms with E-state index in [1.165, 1.54) is 6.33 Å². The summed E-state index contributed by atoms with van der Waals surface area (Å²) in [5, 5.41) is 6.91. The molecular weight excluding hydrogens is 390 g/mol. The maximum Gasteiger partial charge on any atom is 0.251 e. The second-order valence-electron chi connectivity index (χ2n) is 7.27. The first-order valence-corrected chi connectivity index (χ1v) is 10.0. The molecule has 0 fully saturated rings. The number of carbonyl (C=O) groups excluding carboxylic acids is 1. The highest BCUT2D eigenvalue weighted by Crippen LogP contribution is 2.27. The van der Waals surface area contributed by atoms with E-state index >= 15 is 0 Å². The van der Waals surface area contributed by atoms with Gasteiger partial charge in [-0.15, -0.1) is 0 Å².